The Morgan fingerprint density at radius 3 is 2.62 bits per heavy atom. The van der Waals surface area contributed by atoms with Crippen LogP contribution in [0.2, 0.25) is 0 Å². The van der Waals surface area contributed by atoms with Gasteiger partial charge in [-0.3, -0.25) is 14.1 Å². The van der Waals surface area contributed by atoms with Crippen molar-refractivity contribution in [2.75, 3.05) is 6.54 Å². The van der Waals surface area contributed by atoms with Crippen LogP contribution in [0, 0.1) is 5.92 Å². The summed E-state index contributed by atoms with van der Waals surface area (Å²) >= 11 is 0. The standard InChI is InChI=1S/C12H20N4O7S/c1-3-7(2)10(17)15(13)11(18)9-5-4-8-6-14(9)12(19)16(8)23-24(20,21)22/h7-9H,3-6,13H2,1-2H3,(H,20,21,22)/t7?,8-,9+/m1/s1. The predicted molar refractivity (Wildman–Crippen MR) is 78.9 cm³/mol. The molecule has 0 spiro atoms. The second kappa shape index (κ2) is 6.63. The van der Waals surface area contributed by atoms with Crippen molar-refractivity contribution in [3.63, 3.8) is 0 Å². The van der Waals surface area contributed by atoms with Crippen LogP contribution in [-0.2, 0) is 24.3 Å². The number of amides is 4. The van der Waals surface area contributed by atoms with E-state index in [-0.39, 0.29) is 19.4 Å². The highest BCUT2D eigenvalue weighted by atomic mass is 32.3. The van der Waals surface area contributed by atoms with Crippen molar-refractivity contribution in [3.8, 4) is 0 Å². The van der Waals surface area contributed by atoms with E-state index in [0.29, 0.717) is 16.5 Å². The molecule has 0 aromatic heterocycles. The molecular weight excluding hydrogens is 344 g/mol. The minimum Gasteiger partial charge on any atom is -0.309 e. The first-order chi connectivity index (χ1) is 11.1. The van der Waals surface area contributed by atoms with Gasteiger partial charge in [-0.05, 0) is 19.3 Å². The molecule has 0 saturated carbocycles. The average molecular weight is 364 g/mol. The Kier molecular flexibility index (Phi) is 5.13. The highest BCUT2D eigenvalue weighted by molar-refractivity contribution is 7.80. The molecule has 3 atom stereocenters. The van der Waals surface area contributed by atoms with Gasteiger partial charge in [0, 0.05) is 12.5 Å². The molecule has 2 aliphatic heterocycles. The number of urea groups is 1. The molecule has 24 heavy (non-hydrogen) atoms. The molecular formula is C12H20N4O7S. The first-order valence-corrected chi connectivity index (χ1v) is 8.82. The van der Waals surface area contributed by atoms with Gasteiger partial charge in [-0.25, -0.2) is 15.6 Å². The van der Waals surface area contributed by atoms with E-state index < -0.39 is 46.2 Å². The zero-order valence-corrected chi connectivity index (χ0v) is 14.1. The summed E-state index contributed by atoms with van der Waals surface area (Å²) in [7, 11) is -4.86. The molecule has 136 valence electrons. The minimum absolute atomic E-state index is 0.0378. The number of nitrogens with zero attached hydrogens (tertiary/aromatic N) is 3. The van der Waals surface area contributed by atoms with Crippen LogP contribution in [0.25, 0.3) is 0 Å². The molecule has 2 aliphatic rings. The first-order valence-electron chi connectivity index (χ1n) is 7.46. The van der Waals surface area contributed by atoms with Gasteiger partial charge >= 0.3 is 16.4 Å². The summed E-state index contributed by atoms with van der Waals surface area (Å²) in [5.74, 6) is 3.87. The monoisotopic (exact) mass is 364 g/mol. The maximum absolute atomic E-state index is 12.4. The number of hydrogen-bond donors (Lipinski definition) is 2. The SMILES string of the molecule is CCC(C)C(=O)N(N)C(=O)[C@@H]1CC[C@@H]2CN1C(=O)N2OS(=O)(=O)O. The second-order valence-electron chi connectivity index (χ2n) is 5.87. The van der Waals surface area contributed by atoms with Crippen LogP contribution in [0.5, 0.6) is 0 Å². The molecule has 0 aromatic rings. The summed E-state index contributed by atoms with van der Waals surface area (Å²) in [6.45, 7) is 3.45. The lowest BCUT2D eigenvalue weighted by Crippen LogP contribution is -2.56. The van der Waals surface area contributed by atoms with Gasteiger partial charge in [0.05, 0.1) is 6.04 Å². The van der Waals surface area contributed by atoms with E-state index in [9.17, 15) is 22.8 Å². The molecule has 3 N–H and O–H groups in total. The Morgan fingerprint density at radius 2 is 2.08 bits per heavy atom. The lowest BCUT2D eigenvalue weighted by molar-refractivity contribution is -0.150. The Bertz CT molecular complexity index is 652. The summed E-state index contributed by atoms with van der Waals surface area (Å²) in [5.41, 5.74) is 0. The third-order valence-electron chi connectivity index (χ3n) is 4.29. The molecule has 11 nitrogen and oxygen atoms in total. The molecule has 0 aromatic carbocycles. The van der Waals surface area contributed by atoms with Gasteiger partial charge in [0.1, 0.15) is 6.04 Å². The van der Waals surface area contributed by atoms with E-state index in [0.717, 1.165) is 4.90 Å². The van der Waals surface area contributed by atoms with Crippen molar-refractivity contribution in [2.45, 2.75) is 45.2 Å². The van der Waals surface area contributed by atoms with Crippen LogP contribution in [-0.4, -0.2) is 64.4 Å². The van der Waals surface area contributed by atoms with Gasteiger partial charge in [0.15, 0.2) is 0 Å². The summed E-state index contributed by atoms with van der Waals surface area (Å²) in [6.07, 6.45) is 0.965. The van der Waals surface area contributed by atoms with Crippen LogP contribution in [0.4, 0.5) is 4.79 Å². The second-order valence-corrected chi connectivity index (χ2v) is 6.87. The molecule has 2 rings (SSSR count). The Hall–Kier alpha value is -1.76. The fourth-order valence-corrected chi connectivity index (χ4v) is 3.16. The highest BCUT2D eigenvalue weighted by Gasteiger charge is 2.50. The maximum Gasteiger partial charge on any atom is 0.418 e. The van der Waals surface area contributed by atoms with Crippen LogP contribution < -0.4 is 5.84 Å². The smallest absolute Gasteiger partial charge is 0.309 e. The molecule has 1 unspecified atom stereocenters. The van der Waals surface area contributed by atoms with Crippen molar-refractivity contribution in [3.05, 3.63) is 0 Å². The van der Waals surface area contributed by atoms with Crippen molar-refractivity contribution >= 4 is 28.2 Å². The topological polar surface area (TPSA) is 151 Å². The third-order valence-corrected chi connectivity index (χ3v) is 4.64. The van der Waals surface area contributed by atoms with Gasteiger partial charge in [-0.15, -0.1) is 4.28 Å². The number of imide groups is 1. The number of hydrazine groups is 1. The van der Waals surface area contributed by atoms with Crippen molar-refractivity contribution in [2.24, 2.45) is 11.8 Å². The van der Waals surface area contributed by atoms with E-state index in [1.54, 1.807) is 13.8 Å². The lowest BCUT2D eigenvalue weighted by Gasteiger charge is -2.31. The van der Waals surface area contributed by atoms with Crippen molar-refractivity contribution in [1.29, 1.82) is 0 Å². The molecule has 12 heteroatoms. The number of piperidine rings is 1. The summed E-state index contributed by atoms with van der Waals surface area (Å²) in [6, 6.07) is -2.47. The molecule has 2 fully saturated rings. The van der Waals surface area contributed by atoms with E-state index in [2.05, 4.69) is 4.28 Å². The minimum atomic E-state index is -4.86. The van der Waals surface area contributed by atoms with E-state index in [1.807, 2.05) is 0 Å². The van der Waals surface area contributed by atoms with Gasteiger partial charge in [-0.1, -0.05) is 13.8 Å². The number of rotatable bonds is 5. The van der Waals surface area contributed by atoms with Gasteiger partial charge < -0.3 is 4.90 Å². The zero-order valence-electron chi connectivity index (χ0n) is 13.3. The molecule has 2 bridgehead atoms. The van der Waals surface area contributed by atoms with E-state index in [1.165, 1.54) is 0 Å². The Labute approximate surface area is 139 Å². The van der Waals surface area contributed by atoms with E-state index >= 15 is 0 Å². The van der Waals surface area contributed by atoms with Gasteiger partial charge in [0.2, 0.25) is 5.91 Å². The Balaban J connectivity index is 2.13. The summed E-state index contributed by atoms with van der Waals surface area (Å²) in [4.78, 5) is 37.8. The molecule has 4 amide bonds. The van der Waals surface area contributed by atoms with Crippen LogP contribution >= 0.6 is 0 Å². The fourth-order valence-electron chi connectivity index (χ4n) is 2.77. The average Bonchev–Trinajstić information content (AvgIpc) is 2.76. The number of hydroxylamine groups is 2. The van der Waals surface area contributed by atoms with Gasteiger partial charge in [-0.2, -0.15) is 13.5 Å². The van der Waals surface area contributed by atoms with Crippen LogP contribution in [0.1, 0.15) is 33.1 Å². The normalized spacial score (nSPS) is 24.9. The number of carbonyl (C=O) groups is 3. The lowest BCUT2D eigenvalue weighted by atomic mass is 9.99. The zero-order chi connectivity index (χ0) is 18.2. The number of hydrogen-bond acceptors (Lipinski definition) is 7. The molecule has 0 aliphatic carbocycles. The quantitative estimate of drug-likeness (QED) is 0.280. The number of fused-ring (bicyclic) bond motifs is 2. The van der Waals surface area contributed by atoms with Crippen molar-refractivity contribution < 1.29 is 31.6 Å². The summed E-state index contributed by atoms with van der Waals surface area (Å²) < 4.78 is 34.6. The van der Waals surface area contributed by atoms with Crippen LogP contribution in [0.3, 0.4) is 0 Å². The van der Waals surface area contributed by atoms with Crippen molar-refractivity contribution in [1.82, 2.24) is 15.0 Å². The first kappa shape index (κ1) is 18.6. The Morgan fingerprint density at radius 1 is 1.46 bits per heavy atom. The molecule has 2 heterocycles. The van der Waals surface area contributed by atoms with Gasteiger partial charge in [0.25, 0.3) is 5.91 Å². The highest BCUT2D eigenvalue weighted by Crippen LogP contribution is 2.31. The summed E-state index contributed by atoms with van der Waals surface area (Å²) in [5, 5.41) is 1.04. The number of carbonyl (C=O) groups excluding carboxylic acids is 3. The maximum atomic E-state index is 12.4. The fraction of sp³-hybridized carbons (Fsp3) is 0.750. The predicted octanol–water partition coefficient (Wildman–Crippen LogP) is -0.736. The van der Waals surface area contributed by atoms with Crippen LogP contribution in [0.15, 0.2) is 0 Å². The van der Waals surface area contributed by atoms with E-state index in [4.69, 9.17) is 10.4 Å². The molecule has 2 saturated heterocycles. The third kappa shape index (κ3) is 3.50. The molecule has 0 radical (unpaired) electrons. The number of nitrogens with two attached hydrogens (primary N) is 1. The largest absolute Gasteiger partial charge is 0.418 e.